The number of nitrogens with one attached hydrogen (secondary N) is 1. The van der Waals surface area contributed by atoms with Crippen molar-refractivity contribution in [3.05, 3.63) is 59.8 Å². The molecular formula is C22H22N7O5S2+. The molecule has 3 atom stereocenters. The van der Waals surface area contributed by atoms with Crippen LogP contribution in [0.4, 0.5) is 5.13 Å². The third-order valence-corrected chi connectivity index (χ3v) is 7.69. The summed E-state index contributed by atoms with van der Waals surface area (Å²) >= 11 is 2.29. The van der Waals surface area contributed by atoms with Gasteiger partial charge in [0.05, 0.1) is 0 Å². The molecule has 2 aliphatic heterocycles. The number of carboxylic acid groups (broad SMARTS) is 1. The predicted molar refractivity (Wildman–Crippen MR) is 130 cm³/mol. The van der Waals surface area contributed by atoms with Gasteiger partial charge in [0.15, 0.2) is 24.1 Å². The number of aliphatic carboxylic acids is 1. The van der Waals surface area contributed by atoms with Crippen LogP contribution >= 0.6 is 23.3 Å². The van der Waals surface area contributed by atoms with E-state index in [4.69, 9.17) is 10.6 Å². The summed E-state index contributed by atoms with van der Waals surface area (Å²) in [5, 5.41) is 16.1. The number of pyridine rings is 1. The molecule has 2 aromatic heterocycles. The number of hydrogen-bond donors (Lipinski definition) is 3. The van der Waals surface area contributed by atoms with Crippen LogP contribution in [-0.2, 0) is 25.8 Å². The molecule has 14 heteroatoms. The Bertz CT molecular complexity index is 1290. The number of fused-ring (bicyclic) bond motifs is 1. The lowest BCUT2D eigenvalue weighted by Crippen LogP contribution is -2.71. The van der Waals surface area contributed by atoms with Gasteiger partial charge < -0.3 is 21.0 Å². The maximum Gasteiger partial charge on any atom is 0.352 e. The molecule has 1 saturated heterocycles. The summed E-state index contributed by atoms with van der Waals surface area (Å²) in [7, 11) is 0. The van der Waals surface area contributed by atoms with Gasteiger partial charge in [-0.05, 0) is 18.9 Å². The fraction of sp³-hybridized carbons (Fsp3) is 0.318. The van der Waals surface area contributed by atoms with Gasteiger partial charge in [-0.1, -0.05) is 17.3 Å². The van der Waals surface area contributed by atoms with Crippen LogP contribution < -0.4 is 15.6 Å². The molecule has 0 aromatic carbocycles. The maximum atomic E-state index is 13.1. The molecule has 2 aromatic rings. The van der Waals surface area contributed by atoms with E-state index in [1.165, 1.54) is 16.7 Å². The van der Waals surface area contributed by atoms with E-state index >= 15 is 0 Å². The number of aromatic nitrogens is 3. The van der Waals surface area contributed by atoms with Crippen molar-refractivity contribution in [1.82, 2.24) is 19.6 Å². The van der Waals surface area contributed by atoms with Crippen LogP contribution in [0, 0.1) is 0 Å². The van der Waals surface area contributed by atoms with Crippen LogP contribution in [0.15, 0.2) is 59.2 Å². The lowest BCUT2D eigenvalue weighted by atomic mass is 10.0. The first-order chi connectivity index (χ1) is 17.4. The number of nitrogens with two attached hydrogens (primary N) is 1. The monoisotopic (exact) mass is 528 g/mol. The van der Waals surface area contributed by atoms with E-state index in [1.807, 2.05) is 47.3 Å². The number of oxime groups is 1. The molecule has 12 nitrogen and oxygen atoms in total. The second-order valence-corrected chi connectivity index (χ2v) is 10.1. The normalized spacial score (nSPS) is 23.3. The first kappa shape index (κ1) is 23.9. The third-order valence-electron chi connectivity index (χ3n) is 5.80. The summed E-state index contributed by atoms with van der Waals surface area (Å²) in [5.41, 5.74) is 6.03. The number of carbonyl (C=O) groups excluding carboxylic acids is 2. The van der Waals surface area contributed by atoms with Crippen LogP contribution in [0.3, 0.4) is 0 Å². The average Bonchev–Trinajstić information content (AvgIpc) is 3.55. The van der Waals surface area contributed by atoms with Gasteiger partial charge in [-0.2, -0.15) is 9.36 Å². The Labute approximate surface area is 213 Å². The lowest BCUT2D eigenvalue weighted by molar-refractivity contribution is -0.689. The summed E-state index contributed by atoms with van der Waals surface area (Å²) in [6.45, 7) is 0.337. The van der Waals surface area contributed by atoms with E-state index < -0.39 is 29.2 Å². The molecule has 1 aliphatic carbocycles. The molecule has 4 N–H and O–H groups in total. The Morgan fingerprint density at radius 2 is 2.14 bits per heavy atom. The average molecular weight is 529 g/mol. The number of nitrogens with zero attached hydrogens (tertiary/aromatic N) is 5. The van der Waals surface area contributed by atoms with Crippen molar-refractivity contribution < 1.29 is 28.9 Å². The molecule has 5 rings (SSSR count). The molecule has 4 heterocycles. The number of allylic oxidation sites excluding steroid dienone is 1. The zero-order valence-corrected chi connectivity index (χ0v) is 20.4. The van der Waals surface area contributed by atoms with Gasteiger partial charge in [0.1, 0.15) is 23.2 Å². The van der Waals surface area contributed by atoms with Gasteiger partial charge in [0.2, 0.25) is 11.5 Å². The van der Waals surface area contributed by atoms with Crippen LogP contribution in [0.1, 0.15) is 18.7 Å². The quantitative estimate of drug-likeness (QED) is 0.144. The highest BCUT2D eigenvalue weighted by Gasteiger charge is 2.54. The zero-order valence-electron chi connectivity index (χ0n) is 18.8. The Morgan fingerprint density at radius 3 is 2.81 bits per heavy atom. The summed E-state index contributed by atoms with van der Waals surface area (Å²) in [5.74, 6) is -2.03. The second-order valence-electron chi connectivity index (χ2n) is 8.21. The van der Waals surface area contributed by atoms with Gasteiger partial charge >= 0.3 is 5.97 Å². The van der Waals surface area contributed by atoms with Crippen molar-refractivity contribution in [3.63, 3.8) is 0 Å². The Kier molecular flexibility index (Phi) is 6.69. The lowest BCUT2D eigenvalue weighted by Gasteiger charge is -2.49. The standard InChI is InChI=1S/C22H21N7O5S2/c23-22-25-17(27-36-22)14(26-34-13-6-2-3-7-13)18(30)24-15-19(31)29-16(21(32)33)12(11-35-20(15)29)10-28-8-4-1-5-9-28/h1-2,4-6,8-9,13,15,20H,3,7,10-11H2,(H3-,23,24,25,27,30,32,33)/p+1/t13?,15?,20-/m0/s1. The van der Waals surface area contributed by atoms with E-state index in [1.54, 1.807) is 0 Å². The van der Waals surface area contributed by atoms with Gasteiger partial charge in [-0.15, -0.1) is 11.8 Å². The number of amides is 2. The number of β-lactam (4-membered cyclic amide) rings is 1. The minimum absolute atomic E-state index is 0.00908. The predicted octanol–water partition coefficient (Wildman–Crippen LogP) is 0.286. The largest absolute Gasteiger partial charge is 0.477 e. The summed E-state index contributed by atoms with van der Waals surface area (Å²) < 4.78 is 5.89. The fourth-order valence-electron chi connectivity index (χ4n) is 4.10. The topological polar surface area (TPSA) is 164 Å². The summed E-state index contributed by atoms with van der Waals surface area (Å²) in [6.07, 6.45) is 8.76. The van der Waals surface area contributed by atoms with Gasteiger partial charge in [-0.3, -0.25) is 14.5 Å². The highest BCUT2D eigenvalue weighted by atomic mass is 32.2. The number of rotatable bonds is 8. The van der Waals surface area contributed by atoms with Crippen molar-refractivity contribution in [2.45, 2.75) is 36.9 Å². The number of thioether (sulfide) groups is 1. The summed E-state index contributed by atoms with van der Waals surface area (Å²) in [6, 6.07) is 4.62. The molecule has 186 valence electrons. The molecule has 36 heavy (non-hydrogen) atoms. The van der Waals surface area contributed by atoms with E-state index in [-0.39, 0.29) is 28.5 Å². The minimum Gasteiger partial charge on any atom is -0.477 e. The molecule has 2 amide bonds. The van der Waals surface area contributed by atoms with Crippen molar-refractivity contribution in [2.75, 3.05) is 11.5 Å². The van der Waals surface area contributed by atoms with Crippen LogP contribution in [0.2, 0.25) is 0 Å². The number of carboxylic acids is 1. The van der Waals surface area contributed by atoms with E-state index in [2.05, 4.69) is 19.8 Å². The zero-order chi connectivity index (χ0) is 25.2. The number of anilines is 1. The van der Waals surface area contributed by atoms with Gasteiger partial charge in [-0.25, -0.2) is 9.36 Å². The van der Waals surface area contributed by atoms with Gasteiger partial charge in [0.25, 0.3) is 11.8 Å². The Balaban J connectivity index is 1.34. The smallest absolute Gasteiger partial charge is 0.352 e. The highest BCUT2D eigenvalue weighted by molar-refractivity contribution is 8.00. The maximum absolute atomic E-state index is 13.1. The molecule has 0 bridgehead atoms. The Hall–Kier alpha value is -3.78. The van der Waals surface area contributed by atoms with Crippen molar-refractivity contribution in [1.29, 1.82) is 0 Å². The number of carbonyl (C=O) groups is 3. The van der Waals surface area contributed by atoms with E-state index in [0.29, 0.717) is 17.9 Å². The first-order valence-electron chi connectivity index (χ1n) is 11.1. The minimum atomic E-state index is -1.19. The van der Waals surface area contributed by atoms with E-state index in [9.17, 15) is 19.5 Å². The fourth-order valence-corrected chi connectivity index (χ4v) is 5.87. The third kappa shape index (κ3) is 4.68. The molecule has 1 fully saturated rings. The highest BCUT2D eigenvalue weighted by Crippen LogP contribution is 2.40. The number of nitrogen functional groups attached to an aromatic ring is 1. The van der Waals surface area contributed by atoms with Gasteiger partial charge in [0, 0.05) is 35.0 Å². The molecule has 2 unspecified atom stereocenters. The SMILES string of the molecule is Nc1nc(C(=NOC2C=CCC2)C(=O)NC2C(=O)N3C(C(=O)O)=C(C[n+]4ccccc4)CS[C@@H]23)ns1. The van der Waals surface area contributed by atoms with Crippen molar-refractivity contribution in [3.8, 4) is 0 Å². The van der Waals surface area contributed by atoms with Crippen LogP contribution in [-0.4, -0.2) is 66.1 Å². The second kappa shape index (κ2) is 10.1. The van der Waals surface area contributed by atoms with E-state index in [0.717, 1.165) is 24.4 Å². The van der Waals surface area contributed by atoms with Crippen LogP contribution in [0.5, 0.6) is 0 Å². The van der Waals surface area contributed by atoms with Crippen LogP contribution in [0.25, 0.3) is 0 Å². The Morgan fingerprint density at radius 1 is 1.33 bits per heavy atom. The van der Waals surface area contributed by atoms with Crippen molar-refractivity contribution in [2.24, 2.45) is 5.16 Å². The number of hydrogen-bond acceptors (Lipinski definition) is 10. The summed E-state index contributed by atoms with van der Waals surface area (Å²) in [4.78, 5) is 49.0. The molecule has 0 radical (unpaired) electrons. The first-order valence-corrected chi connectivity index (χ1v) is 12.9. The molecule has 3 aliphatic rings. The molecule has 0 saturated carbocycles. The molecular weight excluding hydrogens is 506 g/mol. The van der Waals surface area contributed by atoms with Crippen molar-refractivity contribution >= 4 is 51.9 Å². The molecule has 0 spiro atoms.